The van der Waals surface area contributed by atoms with E-state index >= 15 is 0 Å². The average molecular weight is 322 g/mol. The Morgan fingerprint density at radius 3 is 2.32 bits per heavy atom. The lowest BCUT2D eigenvalue weighted by molar-refractivity contribution is -0.135. The highest BCUT2D eigenvalue weighted by Gasteiger charge is 2.19. The van der Waals surface area contributed by atoms with Gasteiger partial charge in [0.1, 0.15) is 5.69 Å². The molecule has 0 amide bonds. The number of carboxylic acid groups (broad SMARTS) is 1. The number of ketones is 1. The predicted octanol–water partition coefficient (Wildman–Crippen LogP) is 0.829. The van der Waals surface area contributed by atoms with Crippen molar-refractivity contribution >= 4 is 21.8 Å². The van der Waals surface area contributed by atoms with Gasteiger partial charge in [-0.25, -0.2) is 4.79 Å². The van der Waals surface area contributed by atoms with Crippen molar-refractivity contribution in [2.45, 2.75) is 4.90 Å². The zero-order valence-corrected chi connectivity index (χ0v) is 11.8. The van der Waals surface area contributed by atoms with Gasteiger partial charge in [0.2, 0.25) is 11.5 Å². The van der Waals surface area contributed by atoms with Crippen molar-refractivity contribution in [3.05, 3.63) is 60.1 Å². The Bertz CT molecular complexity index is 852. The third kappa shape index (κ3) is 3.04. The van der Waals surface area contributed by atoms with Crippen molar-refractivity contribution < 1.29 is 28.2 Å². The minimum atomic E-state index is -3.94. The highest BCUT2D eigenvalue weighted by Crippen LogP contribution is 2.13. The monoisotopic (exact) mass is 322 g/mol. The first-order chi connectivity index (χ1) is 10.3. The van der Waals surface area contributed by atoms with Crippen LogP contribution < -0.4 is 0 Å². The van der Waals surface area contributed by atoms with Crippen LogP contribution in [0, 0.1) is 0 Å². The van der Waals surface area contributed by atoms with Crippen LogP contribution >= 0.6 is 0 Å². The molecule has 8 nitrogen and oxygen atoms in total. The zero-order valence-electron chi connectivity index (χ0n) is 10.9. The summed E-state index contributed by atoms with van der Waals surface area (Å²) in [5.74, 6) is -3.77. The quantitative estimate of drug-likeness (QED) is 0.474. The number of carbonyl (C=O) groups is 2. The molecular weight excluding hydrogens is 312 g/mol. The van der Waals surface area contributed by atoms with Gasteiger partial charge in [0.15, 0.2) is 0 Å². The van der Waals surface area contributed by atoms with E-state index in [0.717, 1.165) is 12.3 Å². The molecule has 0 atom stereocenters. The Labute approximate surface area is 125 Å². The van der Waals surface area contributed by atoms with Crippen molar-refractivity contribution in [1.29, 1.82) is 0 Å². The van der Waals surface area contributed by atoms with Gasteiger partial charge in [-0.2, -0.15) is 17.6 Å². The standard InChI is InChI=1S/C13H10N2O6S/c16-11(8-12(17)13(18)19)10-6-7-15(14-10)22(20,21)9-4-2-1-3-5-9/h1-8,17H,(H,18,19). The Balaban J connectivity index is 2.35. The van der Waals surface area contributed by atoms with Gasteiger partial charge in [-0.15, -0.1) is 0 Å². The van der Waals surface area contributed by atoms with Crippen molar-refractivity contribution in [3.8, 4) is 0 Å². The molecule has 114 valence electrons. The van der Waals surface area contributed by atoms with Crippen molar-refractivity contribution in [2.24, 2.45) is 0 Å². The number of hydrogen-bond acceptors (Lipinski definition) is 6. The normalized spacial score (nSPS) is 12.1. The Kier molecular flexibility index (Phi) is 4.08. The molecule has 0 aliphatic rings. The van der Waals surface area contributed by atoms with E-state index in [2.05, 4.69) is 5.10 Å². The Morgan fingerprint density at radius 1 is 1.09 bits per heavy atom. The van der Waals surface area contributed by atoms with Gasteiger partial charge in [0.05, 0.1) is 4.90 Å². The molecule has 1 heterocycles. The first-order valence-corrected chi connectivity index (χ1v) is 7.31. The molecule has 2 aromatic rings. The van der Waals surface area contributed by atoms with E-state index in [1.54, 1.807) is 6.07 Å². The summed E-state index contributed by atoms with van der Waals surface area (Å²) in [6, 6.07) is 8.57. The maximum atomic E-state index is 12.2. The number of carboxylic acids is 1. The zero-order chi connectivity index (χ0) is 16.3. The summed E-state index contributed by atoms with van der Waals surface area (Å²) in [5.41, 5.74) is -0.313. The van der Waals surface area contributed by atoms with E-state index in [1.807, 2.05) is 0 Å². The number of carbonyl (C=O) groups excluding carboxylic acids is 1. The maximum Gasteiger partial charge on any atom is 0.371 e. The topological polar surface area (TPSA) is 127 Å². The first-order valence-electron chi connectivity index (χ1n) is 5.87. The molecular formula is C13H10N2O6S. The molecule has 0 saturated carbocycles. The summed E-state index contributed by atoms with van der Waals surface area (Å²) in [6.45, 7) is 0. The van der Waals surface area contributed by atoms with Gasteiger partial charge in [-0.3, -0.25) is 4.79 Å². The van der Waals surface area contributed by atoms with Crippen LogP contribution in [0.4, 0.5) is 0 Å². The molecule has 2 rings (SSSR count). The maximum absolute atomic E-state index is 12.2. The smallest absolute Gasteiger partial charge is 0.371 e. The molecule has 0 spiro atoms. The number of aromatic nitrogens is 2. The summed E-state index contributed by atoms with van der Waals surface area (Å²) in [4.78, 5) is 22.1. The number of aliphatic hydroxyl groups excluding tert-OH is 1. The summed E-state index contributed by atoms with van der Waals surface area (Å²) in [7, 11) is -3.94. The largest absolute Gasteiger partial charge is 0.502 e. The van der Waals surface area contributed by atoms with Crippen LogP contribution in [0.15, 0.2) is 59.3 Å². The summed E-state index contributed by atoms with van der Waals surface area (Å²) in [5, 5.41) is 21.1. The van der Waals surface area contributed by atoms with Crippen LogP contribution in [0.2, 0.25) is 0 Å². The molecule has 1 aromatic heterocycles. The Hall–Kier alpha value is -2.94. The number of aliphatic carboxylic acids is 1. The fraction of sp³-hybridized carbons (Fsp3) is 0. The molecule has 0 saturated heterocycles. The number of allylic oxidation sites excluding steroid dienone is 1. The highest BCUT2D eigenvalue weighted by atomic mass is 32.2. The van der Waals surface area contributed by atoms with Crippen LogP contribution in [0.5, 0.6) is 0 Å². The summed E-state index contributed by atoms with van der Waals surface area (Å²) >= 11 is 0. The number of nitrogens with zero attached hydrogens (tertiary/aromatic N) is 2. The molecule has 2 N–H and O–H groups in total. The fourth-order valence-electron chi connectivity index (χ4n) is 1.53. The second-order valence-electron chi connectivity index (χ2n) is 4.09. The lowest BCUT2D eigenvalue weighted by Crippen LogP contribution is -2.14. The van der Waals surface area contributed by atoms with E-state index in [1.165, 1.54) is 24.3 Å². The van der Waals surface area contributed by atoms with Crippen molar-refractivity contribution in [2.75, 3.05) is 0 Å². The third-order valence-electron chi connectivity index (χ3n) is 2.59. The fourth-order valence-corrected chi connectivity index (χ4v) is 2.67. The van der Waals surface area contributed by atoms with Gasteiger partial charge in [0.25, 0.3) is 10.0 Å². The van der Waals surface area contributed by atoms with Crippen molar-refractivity contribution in [1.82, 2.24) is 9.19 Å². The van der Waals surface area contributed by atoms with E-state index in [9.17, 15) is 18.0 Å². The van der Waals surface area contributed by atoms with Crippen LogP contribution in [0.3, 0.4) is 0 Å². The molecule has 0 bridgehead atoms. The number of aliphatic hydroxyl groups is 1. The van der Waals surface area contributed by atoms with Gasteiger partial charge >= 0.3 is 5.97 Å². The van der Waals surface area contributed by atoms with Crippen LogP contribution in [0.25, 0.3) is 0 Å². The number of hydrogen-bond donors (Lipinski definition) is 2. The summed E-state index contributed by atoms with van der Waals surface area (Å²) in [6.07, 6.45) is 1.51. The van der Waals surface area contributed by atoms with E-state index in [-0.39, 0.29) is 10.6 Å². The predicted molar refractivity (Wildman–Crippen MR) is 73.9 cm³/mol. The lowest BCUT2D eigenvalue weighted by atomic mass is 10.2. The van der Waals surface area contributed by atoms with Crippen LogP contribution in [0.1, 0.15) is 10.5 Å². The molecule has 0 fully saturated rings. The van der Waals surface area contributed by atoms with E-state index in [0.29, 0.717) is 10.2 Å². The highest BCUT2D eigenvalue weighted by molar-refractivity contribution is 7.89. The molecule has 0 aliphatic heterocycles. The second kappa shape index (κ2) is 5.82. The molecule has 0 radical (unpaired) electrons. The van der Waals surface area contributed by atoms with Gasteiger partial charge in [-0.05, 0) is 18.2 Å². The van der Waals surface area contributed by atoms with Gasteiger partial charge in [-0.1, -0.05) is 18.2 Å². The second-order valence-corrected chi connectivity index (χ2v) is 5.89. The van der Waals surface area contributed by atoms with Crippen LogP contribution in [-0.2, 0) is 14.8 Å². The van der Waals surface area contributed by atoms with E-state index in [4.69, 9.17) is 10.2 Å². The van der Waals surface area contributed by atoms with E-state index < -0.39 is 27.5 Å². The third-order valence-corrected chi connectivity index (χ3v) is 4.16. The van der Waals surface area contributed by atoms with Gasteiger partial charge < -0.3 is 10.2 Å². The lowest BCUT2D eigenvalue weighted by Gasteiger charge is -2.03. The molecule has 0 unspecified atom stereocenters. The number of benzene rings is 1. The first kappa shape index (κ1) is 15.4. The summed E-state index contributed by atoms with van der Waals surface area (Å²) < 4.78 is 25.1. The minimum absolute atomic E-state index is 0.0129. The van der Waals surface area contributed by atoms with Gasteiger partial charge in [0, 0.05) is 12.3 Å². The molecule has 22 heavy (non-hydrogen) atoms. The molecule has 1 aromatic carbocycles. The number of rotatable bonds is 5. The SMILES string of the molecule is O=C(O)C(O)=CC(=O)c1ccn(S(=O)(=O)c2ccccc2)n1. The molecule has 9 heteroatoms. The Morgan fingerprint density at radius 2 is 1.73 bits per heavy atom. The minimum Gasteiger partial charge on any atom is -0.502 e. The average Bonchev–Trinajstić information content (AvgIpc) is 2.98. The van der Waals surface area contributed by atoms with Crippen molar-refractivity contribution in [3.63, 3.8) is 0 Å². The molecule has 0 aliphatic carbocycles. The van der Waals surface area contributed by atoms with Crippen LogP contribution in [-0.4, -0.2) is 39.6 Å².